The van der Waals surface area contributed by atoms with Gasteiger partial charge in [0.1, 0.15) is 23.3 Å². The van der Waals surface area contributed by atoms with Gasteiger partial charge in [-0.05, 0) is 75.4 Å². The minimum atomic E-state index is -0.709. The van der Waals surface area contributed by atoms with Crippen LogP contribution in [0, 0.1) is 17.6 Å². The Labute approximate surface area is 255 Å². The van der Waals surface area contributed by atoms with Crippen molar-refractivity contribution in [2.24, 2.45) is 5.92 Å². The van der Waals surface area contributed by atoms with Crippen molar-refractivity contribution in [2.45, 2.75) is 64.2 Å². The number of hydrogen-bond acceptors (Lipinski definition) is 11. The van der Waals surface area contributed by atoms with Crippen LogP contribution in [0.4, 0.5) is 25.5 Å². The molecule has 1 aromatic carbocycles. The molecule has 2 fully saturated rings. The van der Waals surface area contributed by atoms with Crippen molar-refractivity contribution in [1.82, 2.24) is 25.4 Å². The van der Waals surface area contributed by atoms with Gasteiger partial charge in [0, 0.05) is 39.2 Å². The molecule has 2 aliphatic rings. The normalized spacial score (nSPS) is 20.1. The summed E-state index contributed by atoms with van der Waals surface area (Å²) < 4.78 is 50.8. The largest absolute Gasteiger partial charge is 0.490 e. The number of halogens is 2. The molecule has 4 heterocycles. The number of carbonyl (C=O) groups is 1. The second kappa shape index (κ2) is 13.3. The first kappa shape index (κ1) is 31.4. The average molecular weight is 616 g/mol. The molecule has 44 heavy (non-hydrogen) atoms. The Morgan fingerprint density at radius 3 is 2.52 bits per heavy atom. The van der Waals surface area contributed by atoms with Crippen LogP contribution in [0.5, 0.6) is 5.75 Å². The first-order chi connectivity index (χ1) is 21.0. The highest BCUT2D eigenvalue weighted by Crippen LogP contribution is 2.32. The summed E-state index contributed by atoms with van der Waals surface area (Å²) in [6, 6.07) is 2.76. The molecule has 3 aromatic rings. The Morgan fingerprint density at radius 2 is 1.84 bits per heavy atom. The number of nitrogens with zero attached hydrogens (tertiary/aromatic N) is 6. The summed E-state index contributed by atoms with van der Waals surface area (Å²) in [5, 5.41) is 6.90. The molecule has 0 spiro atoms. The number of rotatable bonds is 9. The van der Waals surface area contributed by atoms with Crippen molar-refractivity contribution in [3.63, 3.8) is 0 Å². The lowest BCUT2D eigenvalue weighted by Gasteiger charge is -2.30. The summed E-state index contributed by atoms with van der Waals surface area (Å²) in [6.07, 6.45) is 4.11. The molecule has 0 saturated carbocycles. The highest BCUT2D eigenvalue weighted by molar-refractivity contribution is 5.68. The number of aromatic nitrogens is 4. The van der Waals surface area contributed by atoms with Gasteiger partial charge >= 0.3 is 6.09 Å². The van der Waals surface area contributed by atoms with E-state index in [1.165, 1.54) is 0 Å². The van der Waals surface area contributed by atoms with Crippen molar-refractivity contribution >= 4 is 18.0 Å². The molecule has 3 atom stereocenters. The number of methoxy groups -OCH3 is 1. The number of piperidine rings is 1. The summed E-state index contributed by atoms with van der Waals surface area (Å²) in [6.45, 7) is 9.76. The molecule has 12 nitrogen and oxygen atoms in total. The second-order valence-corrected chi connectivity index (χ2v) is 12.2. The van der Waals surface area contributed by atoms with Crippen molar-refractivity contribution in [2.75, 3.05) is 49.7 Å². The predicted molar refractivity (Wildman–Crippen MR) is 157 cm³/mol. The van der Waals surface area contributed by atoms with Crippen LogP contribution in [-0.4, -0.2) is 77.7 Å². The average Bonchev–Trinajstić information content (AvgIpc) is 3.65. The fraction of sp³-hybridized carbons (Fsp3) is 0.567. The van der Waals surface area contributed by atoms with Crippen LogP contribution >= 0.6 is 0 Å². The Kier molecular flexibility index (Phi) is 9.47. The van der Waals surface area contributed by atoms with Gasteiger partial charge in [0.25, 0.3) is 11.8 Å². The highest BCUT2D eigenvalue weighted by Gasteiger charge is 2.38. The maximum Gasteiger partial charge on any atom is 0.407 e. The molecule has 0 radical (unpaired) electrons. The van der Waals surface area contributed by atoms with Gasteiger partial charge in [0.2, 0.25) is 5.95 Å². The zero-order valence-corrected chi connectivity index (χ0v) is 25.6. The zero-order valence-electron chi connectivity index (χ0n) is 25.6. The predicted octanol–water partition coefficient (Wildman–Crippen LogP) is 4.64. The van der Waals surface area contributed by atoms with Crippen LogP contribution in [0.15, 0.2) is 35.1 Å². The van der Waals surface area contributed by atoms with E-state index in [9.17, 15) is 13.6 Å². The second-order valence-electron chi connectivity index (χ2n) is 12.2. The summed E-state index contributed by atoms with van der Waals surface area (Å²) in [5.74, 6) is 0.636. The Balaban J connectivity index is 1.17. The molecule has 2 aromatic heterocycles. The standard InChI is InChI=1S/C30H39F2N7O5/c1-18(41-5)26-36-28(37-44-26)38-10-8-19(9-11-38)17-42-21-13-33-27(34-14-21)39-15-23(22-12-20(31)6-7-24(22)32)25(16-39)35-29(40)43-30(2,3)4/h6-7,12-14,18-19,23,25H,8-11,15-17H2,1-5H3,(H,35,40)/t18-,23-,25+/m1/s1. The quantitative estimate of drug-likeness (QED) is 0.362. The van der Waals surface area contributed by atoms with Crippen LogP contribution in [0.1, 0.15) is 64.0 Å². The van der Waals surface area contributed by atoms with Crippen molar-refractivity contribution in [3.8, 4) is 5.75 Å². The van der Waals surface area contributed by atoms with E-state index in [1.807, 2.05) is 11.8 Å². The number of benzene rings is 1. The SMILES string of the molecule is CO[C@H](C)c1nc(N2CCC(COc3cnc(N4C[C@H](NC(=O)OC(C)(C)C)[C@@H](c5cc(F)ccc5F)C4)nc3)CC2)no1. The Bertz CT molecular complexity index is 1410. The van der Waals surface area contributed by atoms with Gasteiger partial charge in [-0.25, -0.2) is 23.5 Å². The lowest BCUT2D eigenvalue weighted by Crippen LogP contribution is -2.43. The molecular weight excluding hydrogens is 576 g/mol. The van der Waals surface area contributed by atoms with Gasteiger partial charge in [-0.1, -0.05) is 0 Å². The van der Waals surface area contributed by atoms with Gasteiger partial charge in [-0.2, -0.15) is 4.98 Å². The summed E-state index contributed by atoms with van der Waals surface area (Å²) in [5.41, 5.74) is -0.539. The van der Waals surface area contributed by atoms with E-state index in [4.69, 9.17) is 18.7 Å². The molecule has 1 amide bonds. The lowest BCUT2D eigenvalue weighted by atomic mass is 9.94. The molecule has 0 aliphatic carbocycles. The topological polar surface area (TPSA) is 128 Å². The highest BCUT2D eigenvalue weighted by atomic mass is 19.1. The van der Waals surface area contributed by atoms with Gasteiger partial charge in [-0.15, -0.1) is 0 Å². The Morgan fingerprint density at radius 1 is 1.11 bits per heavy atom. The number of amides is 1. The molecule has 0 bridgehead atoms. The van der Waals surface area contributed by atoms with Crippen LogP contribution in [0.2, 0.25) is 0 Å². The fourth-order valence-electron chi connectivity index (χ4n) is 5.37. The fourth-order valence-corrected chi connectivity index (χ4v) is 5.37. The van der Waals surface area contributed by atoms with E-state index in [0.29, 0.717) is 36.1 Å². The van der Waals surface area contributed by atoms with Crippen molar-refractivity contribution in [3.05, 3.63) is 53.7 Å². The molecule has 14 heteroatoms. The molecule has 5 rings (SSSR count). The number of carbonyl (C=O) groups excluding carboxylic acids is 1. The van der Waals surface area contributed by atoms with E-state index in [2.05, 4.69) is 30.3 Å². The number of alkyl carbamates (subject to hydrolysis) is 1. The van der Waals surface area contributed by atoms with Crippen molar-refractivity contribution in [1.29, 1.82) is 0 Å². The zero-order chi connectivity index (χ0) is 31.4. The van der Waals surface area contributed by atoms with Gasteiger partial charge in [-0.3, -0.25) is 0 Å². The summed E-state index contributed by atoms with van der Waals surface area (Å²) in [7, 11) is 1.60. The molecular formula is C30H39F2N7O5. The third kappa shape index (κ3) is 7.71. The van der Waals surface area contributed by atoms with Crippen molar-refractivity contribution < 1.29 is 32.3 Å². The monoisotopic (exact) mass is 615 g/mol. The van der Waals surface area contributed by atoms with Gasteiger partial charge in [0.15, 0.2) is 5.75 Å². The molecule has 238 valence electrons. The first-order valence-corrected chi connectivity index (χ1v) is 14.7. The van der Waals surface area contributed by atoms with Gasteiger partial charge in [0.05, 0.1) is 25.0 Å². The molecule has 1 N–H and O–H groups in total. The number of nitrogens with one attached hydrogen (secondary N) is 1. The number of hydrogen-bond donors (Lipinski definition) is 1. The third-order valence-electron chi connectivity index (χ3n) is 7.79. The van der Waals surface area contributed by atoms with E-state index in [0.717, 1.165) is 44.1 Å². The number of anilines is 2. The smallest absolute Gasteiger partial charge is 0.407 e. The van der Waals surface area contributed by atoms with E-state index >= 15 is 0 Å². The lowest BCUT2D eigenvalue weighted by molar-refractivity contribution is 0.0504. The van der Waals surface area contributed by atoms with Crippen LogP contribution in [0.25, 0.3) is 0 Å². The van der Waals surface area contributed by atoms with Crippen LogP contribution in [0.3, 0.4) is 0 Å². The maximum absolute atomic E-state index is 14.8. The minimum absolute atomic E-state index is 0.170. The van der Waals surface area contributed by atoms with Crippen LogP contribution < -0.4 is 19.9 Å². The summed E-state index contributed by atoms with van der Waals surface area (Å²) >= 11 is 0. The minimum Gasteiger partial charge on any atom is -0.490 e. The summed E-state index contributed by atoms with van der Waals surface area (Å²) in [4.78, 5) is 29.9. The maximum atomic E-state index is 14.8. The van der Waals surface area contributed by atoms with E-state index in [1.54, 1.807) is 40.3 Å². The first-order valence-electron chi connectivity index (χ1n) is 14.7. The number of ether oxygens (including phenoxy) is 3. The third-order valence-corrected chi connectivity index (χ3v) is 7.79. The van der Waals surface area contributed by atoms with Gasteiger partial charge < -0.3 is 33.9 Å². The molecule has 2 saturated heterocycles. The molecule has 0 unspecified atom stereocenters. The van der Waals surface area contributed by atoms with Crippen LogP contribution in [-0.2, 0) is 9.47 Å². The van der Waals surface area contributed by atoms with E-state index < -0.39 is 35.3 Å². The molecule has 2 aliphatic heterocycles. The Hall–Kier alpha value is -4.07. The van der Waals surface area contributed by atoms with E-state index in [-0.39, 0.29) is 24.8 Å².